The van der Waals surface area contributed by atoms with Crippen molar-refractivity contribution < 1.29 is 18.0 Å². The van der Waals surface area contributed by atoms with Crippen molar-refractivity contribution >= 4 is 27.5 Å². The zero-order chi connectivity index (χ0) is 26.6. The highest BCUT2D eigenvalue weighted by Crippen LogP contribution is 2.47. The van der Waals surface area contributed by atoms with Crippen LogP contribution in [0.5, 0.6) is 0 Å². The number of carbonyl (C=O) groups excluding carboxylic acids is 2. The van der Waals surface area contributed by atoms with Crippen LogP contribution in [0.1, 0.15) is 83.8 Å². The largest absolute Gasteiger partial charge is 0.355 e. The fourth-order valence-electron chi connectivity index (χ4n) is 6.08. The Hall–Kier alpha value is -2.94. The van der Waals surface area contributed by atoms with Gasteiger partial charge in [-0.3, -0.25) is 9.59 Å². The lowest BCUT2D eigenvalue weighted by atomic mass is 9.86. The molecule has 202 valence electrons. The lowest BCUT2D eigenvalue weighted by Gasteiger charge is -2.36. The van der Waals surface area contributed by atoms with E-state index in [-0.39, 0.29) is 28.2 Å². The fourth-order valence-corrected chi connectivity index (χ4v) is 6.98. The summed E-state index contributed by atoms with van der Waals surface area (Å²) in [4.78, 5) is 35.0. The summed E-state index contributed by atoms with van der Waals surface area (Å²) in [5.74, 6) is 1.67. The minimum atomic E-state index is -3.68. The van der Waals surface area contributed by atoms with Crippen LogP contribution in [0.3, 0.4) is 0 Å². The molecule has 2 aromatic rings. The number of nitrogens with one attached hydrogen (secondary N) is 1. The van der Waals surface area contributed by atoms with Gasteiger partial charge in [0.2, 0.25) is 5.91 Å². The second-order valence-electron chi connectivity index (χ2n) is 11.4. The molecular weight excluding hydrogens is 500 g/mol. The van der Waals surface area contributed by atoms with Gasteiger partial charge in [-0.2, -0.15) is 0 Å². The van der Waals surface area contributed by atoms with E-state index in [1.54, 1.807) is 23.1 Å². The summed E-state index contributed by atoms with van der Waals surface area (Å²) in [6.07, 6.45) is 8.92. The van der Waals surface area contributed by atoms with Crippen molar-refractivity contribution in [1.82, 2.24) is 15.2 Å². The fraction of sp³-hybridized carbons (Fsp3) is 0.552. The number of rotatable bonds is 7. The third kappa shape index (κ3) is 4.81. The lowest BCUT2D eigenvalue weighted by molar-refractivity contribution is -0.120. The summed E-state index contributed by atoms with van der Waals surface area (Å²) in [5, 5.41) is 2.89. The molecule has 0 spiro atoms. The Morgan fingerprint density at radius 2 is 1.74 bits per heavy atom. The SMILES string of the molecule is CCC1CNC(=O)[C@H]1c1ccc(C(=O)N2CCN(c3ncc(C4CC4)cc3C3CC3)CC2)c(S(C)(=O)=O)c1. The standard InChI is InChI=1S/C29H36N4O4S/c1-3-18-16-31-28(34)26(18)21-8-9-23(25(15-21)38(2,36)37)29(35)33-12-10-32(11-13-33)27-24(20-6-7-20)14-22(17-30-27)19-4-5-19/h8-9,14-15,17-20,26H,3-7,10-13,16H2,1-2H3,(H,31,34)/t18?,26-/m1/s1. The minimum Gasteiger partial charge on any atom is -0.355 e. The van der Waals surface area contributed by atoms with Crippen molar-refractivity contribution in [3.05, 3.63) is 52.7 Å². The van der Waals surface area contributed by atoms with E-state index in [1.807, 2.05) is 13.1 Å². The minimum absolute atomic E-state index is 0.00494. The van der Waals surface area contributed by atoms with E-state index < -0.39 is 15.8 Å². The maximum absolute atomic E-state index is 13.6. The number of sulfone groups is 1. The molecule has 3 heterocycles. The van der Waals surface area contributed by atoms with Crippen LogP contribution in [0.4, 0.5) is 5.82 Å². The van der Waals surface area contributed by atoms with Crippen molar-refractivity contribution in [1.29, 1.82) is 0 Å². The summed E-state index contributed by atoms with van der Waals surface area (Å²) in [6.45, 7) is 4.94. The van der Waals surface area contributed by atoms with Crippen molar-refractivity contribution in [3.8, 4) is 0 Å². The Morgan fingerprint density at radius 3 is 2.37 bits per heavy atom. The molecule has 2 saturated heterocycles. The van der Waals surface area contributed by atoms with Crippen LogP contribution in [0.25, 0.3) is 0 Å². The van der Waals surface area contributed by atoms with Crippen LogP contribution >= 0.6 is 0 Å². The van der Waals surface area contributed by atoms with Crippen molar-refractivity contribution in [2.75, 3.05) is 43.9 Å². The highest BCUT2D eigenvalue weighted by atomic mass is 32.2. The topological polar surface area (TPSA) is 99.7 Å². The molecule has 9 heteroatoms. The van der Waals surface area contributed by atoms with Crippen LogP contribution in [-0.2, 0) is 14.6 Å². The van der Waals surface area contributed by atoms with Gasteiger partial charge in [-0.1, -0.05) is 25.5 Å². The van der Waals surface area contributed by atoms with Crippen molar-refractivity contribution in [2.45, 2.75) is 61.7 Å². The Morgan fingerprint density at radius 1 is 1.03 bits per heavy atom. The summed E-state index contributed by atoms with van der Waals surface area (Å²) in [7, 11) is -3.68. The lowest BCUT2D eigenvalue weighted by Crippen LogP contribution is -2.49. The van der Waals surface area contributed by atoms with Gasteiger partial charge in [0, 0.05) is 45.2 Å². The summed E-state index contributed by atoms with van der Waals surface area (Å²) < 4.78 is 25.6. The predicted octanol–water partition coefficient (Wildman–Crippen LogP) is 3.44. The normalized spacial score (nSPS) is 24.0. The van der Waals surface area contributed by atoms with Gasteiger partial charge in [0.1, 0.15) is 5.82 Å². The molecule has 1 N–H and O–H groups in total. The molecule has 4 fully saturated rings. The van der Waals surface area contributed by atoms with E-state index in [4.69, 9.17) is 4.98 Å². The van der Waals surface area contributed by atoms with Crippen LogP contribution < -0.4 is 10.2 Å². The quantitative estimate of drug-likeness (QED) is 0.582. The second-order valence-corrected chi connectivity index (χ2v) is 13.4. The smallest absolute Gasteiger partial charge is 0.255 e. The van der Waals surface area contributed by atoms with Gasteiger partial charge in [0.15, 0.2) is 9.84 Å². The van der Waals surface area contributed by atoms with Gasteiger partial charge in [-0.05, 0) is 72.3 Å². The van der Waals surface area contributed by atoms with Gasteiger partial charge < -0.3 is 15.1 Å². The number of anilines is 1. The van der Waals surface area contributed by atoms with Gasteiger partial charge in [-0.25, -0.2) is 13.4 Å². The highest BCUT2D eigenvalue weighted by molar-refractivity contribution is 7.90. The zero-order valence-corrected chi connectivity index (χ0v) is 23.0. The first kappa shape index (κ1) is 25.3. The molecule has 2 amide bonds. The first-order chi connectivity index (χ1) is 18.2. The number of benzene rings is 1. The zero-order valence-electron chi connectivity index (χ0n) is 22.2. The Bertz CT molecular complexity index is 1370. The number of amides is 2. The number of hydrogen-bond acceptors (Lipinski definition) is 6. The monoisotopic (exact) mass is 536 g/mol. The van der Waals surface area contributed by atoms with Crippen LogP contribution in [0.15, 0.2) is 35.4 Å². The molecule has 1 unspecified atom stereocenters. The molecule has 0 bridgehead atoms. The number of carbonyl (C=O) groups is 2. The molecule has 6 rings (SSSR count). The number of nitrogens with zero attached hydrogens (tertiary/aromatic N) is 3. The van der Waals surface area contributed by atoms with E-state index in [9.17, 15) is 18.0 Å². The Kier molecular flexibility index (Phi) is 6.45. The second kappa shape index (κ2) is 9.67. The molecule has 1 aromatic carbocycles. The van der Waals surface area contributed by atoms with E-state index in [1.165, 1.54) is 36.8 Å². The molecule has 2 saturated carbocycles. The summed E-state index contributed by atoms with van der Waals surface area (Å²) >= 11 is 0. The van der Waals surface area contributed by atoms with Crippen LogP contribution in [0, 0.1) is 5.92 Å². The van der Waals surface area contributed by atoms with E-state index in [0.29, 0.717) is 50.1 Å². The maximum atomic E-state index is 13.6. The number of aromatic nitrogens is 1. The average Bonchev–Trinajstić information content (AvgIpc) is 3.84. The molecule has 2 aliphatic heterocycles. The summed E-state index contributed by atoms with van der Waals surface area (Å²) in [5.41, 5.74) is 3.55. The summed E-state index contributed by atoms with van der Waals surface area (Å²) in [6, 6.07) is 7.26. The molecule has 2 aliphatic carbocycles. The van der Waals surface area contributed by atoms with E-state index in [0.717, 1.165) is 18.5 Å². The number of pyridine rings is 1. The number of hydrogen-bond donors (Lipinski definition) is 1. The van der Waals surface area contributed by atoms with Gasteiger partial charge >= 0.3 is 0 Å². The van der Waals surface area contributed by atoms with Gasteiger partial charge in [0.05, 0.1) is 16.4 Å². The van der Waals surface area contributed by atoms with Crippen LogP contribution in [0.2, 0.25) is 0 Å². The third-order valence-corrected chi connectivity index (χ3v) is 9.80. The van der Waals surface area contributed by atoms with Crippen molar-refractivity contribution in [2.24, 2.45) is 5.92 Å². The average molecular weight is 537 g/mol. The first-order valence-electron chi connectivity index (χ1n) is 13.9. The molecule has 4 aliphatic rings. The maximum Gasteiger partial charge on any atom is 0.255 e. The first-order valence-corrected chi connectivity index (χ1v) is 15.8. The van der Waals surface area contributed by atoms with E-state index in [2.05, 4.69) is 16.3 Å². The third-order valence-electron chi connectivity index (χ3n) is 8.66. The Balaban J connectivity index is 1.21. The highest BCUT2D eigenvalue weighted by Gasteiger charge is 2.37. The molecule has 2 atom stereocenters. The van der Waals surface area contributed by atoms with Gasteiger partial charge in [-0.15, -0.1) is 0 Å². The van der Waals surface area contributed by atoms with Crippen molar-refractivity contribution in [3.63, 3.8) is 0 Å². The van der Waals surface area contributed by atoms with Crippen LogP contribution in [-0.4, -0.2) is 69.1 Å². The van der Waals surface area contributed by atoms with E-state index >= 15 is 0 Å². The Labute approximate surface area is 224 Å². The molecule has 38 heavy (non-hydrogen) atoms. The molecular formula is C29H36N4O4S. The predicted molar refractivity (Wildman–Crippen MR) is 145 cm³/mol. The molecule has 8 nitrogen and oxygen atoms in total. The molecule has 0 radical (unpaired) electrons. The van der Waals surface area contributed by atoms with Gasteiger partial charge in [0.25, 0.3) is 5.91 Å². The number of piperazine rings is 1. The molecule has 1 aromatic heterocycles.